The number of hydrazine groups is 1. The second kappa shape index (κ2) is 3.74. The highest BCUT2D eigenvalue weighted by atomic mass is 16.4. The fourth-order valence-corrected chi connectivity index (χ4v) is 1.59. The molecular formula is C11H12N2O2. The smallest absolute Gasteiger partial charge is 0.335 e. The van der Waals surface area contributed by atoms with Crippen molar-refractivity contribution in [1.29, 1.82) is 0 Å². The molecule has 0 fully saturated rings. The van der Waals surface area contributed by atoms with E-state index in [1.54, 1.807) is 12.1 Å². The lowest BCUT2D eigenvalue weighted by Gasteiger charge is -2.24. The summed E-state index contributed by atoms with van der Waals surface area (Å²) in [6.07, 6.45) is 3.80. The molecule has 1 aliphatic heterocycles. The number of nitrogens with one attached hydrogen (secondary N) is 1. The van der Waals surface area contributed by atoms with Crippen LogP contribution in [-0.4, -0.2) is 23.1 Å². The molecule has 0 aromatic heterocycles. The predicted molar refractivity (Wildman–Crippen MR) is 57.0 cm³/mol. The van der Waals surface area contributed by atoms with Crippen LogP contribution in [0.5, 0.6) is 0 Å². The lowest BCUT2D eigenvalue weighted by atomic mass is 10.0. The fourth-order valence-electron chi connectivity index (χ4n) is 1.59. The highest BCUT2D eigenvalue weighted by Gasteiger charge is 2.11. The Hall–Kier alpha value is -1.81. The summed E-state index contributed by atoms with van der Waals surface area (Å²) in [4.78, 5) is 10.8. The Morgan fingerprint density at radius 3 is 3.00 bits per heavy atom. The molecule has 2 rings (SSSR count). The van der Waals surface area contributed by atoms with Crippen molar-refractivity contribution in [3.05, 3.63) is 41.1 Å². The molecule has 1 aromatic carbocycles. The molecule has 0 radical (unpaired) electrons. The maximum Gasteiger partial charge on any atom is 0.335 e. The molecule has 0 saturated carbocycles. The summed E-state index contributed by atoms with van der Waals surface area (Å²) < 4.78 is 0. The summed E-state index contributed by atoms with van der Waals surface area (Å²) in [6.45, 7) is 0.752. The quantitative estimate of drug-likeness (QED) is 0.762. The summed E-state index contributed by atoms with van der Waals surface area (Å²) >= 11 is 0. The first kappa shape index (κ1) is 9.73. The molecular weight excluding hydrogens is 192 g/mol. The summed E-state index contributed by atoms with van der Waals surface area (Å²) in [5.74, 6) is -0.887. The number of rotatable bonds is 2. The van der Waals surface area contributed by atoms with E-state index in [9.17, 15) is 4.79 Å². The van der Waals surface area contributed by atoms with Gasteiger partial charge in [-0.15, -0.1) is 0 Å². The highest BCUT2D eigenvalue weighted by molar-refractivity contribution is 5.88. The van der Waals surface area contributed by atoms with Gasteiger partial charge in [0, 0.05) is 13.2 Å². The number of aromatic carboxylic acids is 1. The second-order valence-corrected chi connectivity index (χ2v) is 3.39. The SMILES string of the molecule is CNN1C=Cc2cc(C(=O)O)ccc2C1. The molecule has 0 spiro atoms. The number of nitrogens with zero attached hydrogens (tertiary/aromatic N) is 1. The van der Waals surface area contributed by atoms with Crippen molar-refractivity contribution in [2.75, 3.05) is 7.05 Å². The number of carbonyl (C=O) groups is 1. The van der Waals surface area contributed by atoms with E-state index in [1.807, 2.05) is 30.4 Å². The standard InChI is InChI=1S/C11H12N2O2/c1-12-13-5-4-8-6-9(11(14)15)2-3-10(8)7-13/h2-6,12H,7H2,1H3,(H,14,15). The van der Waals surface area contributed by atoms with E-state index in [4.69, 9.17) is 5.11 Å². The lowest BCUT2D eigenvalue weighted by molar-refractivity contribution is 0.0697. The lowest BCUT2D eigenvalue weighted by Crippen LogP contribution is -2.30. The third kappa shape index (κ3) is 1.85. The van der Waals surface area contributed by atoms with Gasteiger partial charge in [0.2, 0.25) is 0 Å². The first-order valence-electron chi connectivity index (χ1n) is 4.69. The van der Waals surface area contributed by atoms with Crippen LogP contribution in [0.3, 0.4) is 0 Å². The number of carboxylic acid groups (broad SMARTS) is 1. The summed E-state index contributed by atoms with van der Waals surface area (Å²) in [6, 6.07) is 5.18. The molecule has 2 N–H and O–H groups in total. The van der Waals surface area contributed by atoms with Crippen LogP contribution in [0, 0.1) is 0 Å². The van der Waals surface area contributed by atoms with Gasteiger partial charge in [-0.25, -0.2) is 10.2 Å². The van der Waals surface area contributed by atoms with Crippen molar-refractivity contribution in [2.45, 2.75) is 6.54 Å². The van der Waals surface area contributed by atoms with Crippen LogP contribution in [0.1, 0.15) is 21.5 Å². The van der Waals surface area contributed by atoms with E-state index in [2.05, 4.69) is 5.43 Å². The summed E-state index contributed by atoms with van der Waals surface area (Å²) in [5.41, 5.74) is 5.44. The minimum absolute atomic E-state index is 0.330. The minimum Gasteiger partial charge on any atom is -0.478 e. The molecule has 0 saturated heterocycles. The van der Waals surface area contributed by atoms with Gasteiger partial charge in [0.15, 0.2) is 0 Å². The molecule has 0 amide bonds. The van der Waals surface area contributed by atoms with E-state index < -0.39 is 5.97 Å². The van der Waals surface area contributed by atoms with Crippen LogP contribution in [-0.2, 0) is 6.54 Å². The number of benzene rings is 1. The average Bonchev–Trinajstić information content (AvgIpc) is 2.27. The van der Waals surface area contributed by atoms with Crippen LogP contribution in [0.15, 0.2) is 24.4 Å². The third-order valence-electron chi connectivity index (χ3n) is 2.45. The zero-order valence-electron chi connectivity index (χ0n) is 8.40. The first-order chi connectivity index (χ1) is 7.20. The zero-order chi connectivity index (χ0) is 10.8. The van der Waals surface area contributed by atoms with Gasteiger partial charge < -0.3 is 10.1 Å². The Balaban J connectivity index is 2.36. The maximum absolute atomic E-state index is 10.8. The predicted octanol–water partition coefficient (Wildman–Crippen LogP) is 1.31. The van der Waals surface area contributed by atoms with E-state index in [0.29, 0.717) is 5.56 Å². The molecule has 0 atom stereocenters. The fraction of sp³-hybridized carbons (Fsp3) is 0.182. The van der Waals surface area contributed by atoms with Gasteiger partial charge in [0.25, 0.3) is 0 Å². The monoisotopic (exact) mass is 204 g/mol. The zero-order valence-corrected chi connectivity index (χ0v) is 8.40. The van der Waals surface area contributed by atoms with Gasteiger partial charge in [-0.05, 0) is 29.3 Å². The third-order valence-corrected chi connectivity index (χ3v) is 2.45. The Labute approximate surface area is 87.8 Å². The number of hydrogen-bond donors (Lipinski definition) is 2. The van der Waals surface area contributed by atoms with Crippen molar-refractivity contribution < 1.29 is 9.90 Å². The molecule has 15 heavy (non-hydrogen) atoms. The maximum atomic E-state index is 10.8. The normalized spacial score (nSPS) is 13.8. The van der Waals surface area contributed by atoms with E-state index in [-0.39, 0.29) is 0 Å². The Bertz CT molecular complexity index is 427. The number of hydrogen-bond acceptors (Lipinski definition) is 3. The molecule has 0 unspecified atom stereocenters. The summed E-state index contributed by atoms with van der Waals surface area (Å²) in [7, 11) is 1.85. The Morgan fingerprint density at radius 2 is 2.33 bits per heavy atom. The molecule has 1 aromatic rings. The van der Waals surface area contributed by atoms with Crippen LogP contribution in [0.25, 0.3) is 6.08 Å². The van der Waals surface area contributed by atoms with E-state index in [0.717, 1.165) is 17.7 Å². The van der Waals surface area contributed by atoms with Gasteiger partial charge in [-0.3, -0.25) is 0 Å². The van der Waals surface area contributed by atoms with Crippen molar-refractivity contribution >= 4 is 12.0 Å². The van der Waals surface area contributed by atoms with Crippen LogP contribution in [0.4, 0.5) is 0 Å². The van der Waals surface area contributed by atoms with Gasteiger partial charge in [-0.1, -0.05) is 6.07 Å². The number of carboxylic acids is 1. The molecule has 4 nitrogen and oxygen atoms in total. The van der Waals surface area contributed by atoms with Crippen molar-refractivity contribution in [2.24, 2.45) is 0 Å². The first-order valence-corrected chi connectivity index (χ1v) is 4.69. The van der Waals surface area contributed by atoms with Gasteiger partial charge in [0.1, 0.15) is 0 Å². The highest BCUT2D eigenvalue weighted by Crippen LogP contribution is 2.19. The van der Waals surface area contributed by atoms with Crippen molar-refractivity contribution in [3.8, 4) is 0 Å². The molecule has 1 heterocycles. The van der Waals surface area contributed by atoms with Crippen molar-refractivity contribution in [3.63, 3.8) is 0 Å². The van der Waals surface area contributed by atoms with Crippen LogP contribution in [0.2, 0.25) is 0 Å². The minimum atomic E-state index is -0.887. The Morgan fingerprint density at radius 1 is 1.53 bits per heavy atom. The van der Waals surface area contributed by atoms with Crippen LogP contribution >= 0.6 is 0 Å². The average molecular weight is 204 g/mol. The van der Waals surface area contributed by atoms with E-state index >= 15 is 0 Å². The Kier molecular flexibility index (Phi) is 2.43. The topological polar surface area (TPSA) is 52.6 Å². The van der Waals surface area contributed by atoms with Gasteiger partial charge >= 0.3 is 5.97 Å². The van der Waals surface area contributed by atoms with E-state index in [1.165, 1.54) is 0 Å². The van der Waals surface area contributed by atoms with Crippen molar-refractivity contribution in [1.82, 2.24) is 10.4 Å². The molecule has 1 aliphatic rings. The van der Waals surface area contributed by atoms with Crippen LogP contribution < -0.4 is 5.43 Å². The van der Waals surface area contributed by atoms with Gasteiger partial charge in [0.05, 0.1) is 12.1 Å². The molecule has 0 bridgehead atoms. The largest absolute Gasteiger partial charge is 0.478 e. The second-order valence-electron chi connectivity index (χ2n) is 3.39. The summed E-state index contributed by atoms with van der Waals surface area (Å²) in [5, 5.41) is 10.8. The number of fused-ring (bicyclic) bond motifs is 1. The molecule has 0 aliphatic carbocycles. The van der Waals surface area contributed by atoms with Gasteiger partial charge in [-0.2, -0.15) is 0 Å². The molecule has 78 valence electrons. The molecule has 4 heteroatoms.